The largest absolute Gasteiger partial charge is 0.461 e. The third-order valence-electron chi connectivity index (χ3n) is 4.66. The van der Waals surface area contributed by atoms with Gasteiger partial charge in [-0.1, -0.05) is 18.2 Å². The summed E-state index contributed by atoms with van der Waals surface area (Å²) < 4.78 is 5.70. The van der Waals surface area contributed by atoms with Gasteiger partial charge in [0.15, 0.2) is 0 Å². The van der Waals surface area contributed by atoms with Gasteiger partial charge in [0.2, 0.25) is 0 Å². The Morgan fingerprint density at radius 3 is 2.78 bits per heavy atom. The average molecular weight is 315 g/mol. The van der Waals surface area contributed by atoms with E-state index < -0.39 is 5.60 Å². The summed E-state index contributed by atoms with van der Waals surface area (Å²) in [5.74, 6) is 1.82. The molecule has 1 atom stereocenters. The summed E-state index contributed by atoms with van der Waals surface area (Å²) >= 11 is 0. The molecule has 23 heavy (non-hydrogen) atoms. The maximum absolute atomic E-state index is 10.2. The van der Waals surface area contributed by atoms with Gasteiger partial charge in [-0.3, -0.25) is 4.90 Å². The van der Waals surface area contributed by atoms with Crippen molar-refractivity contribution >= 4 is 0 Å². The lowest BCUT2D eigenvalue weighted by Crippen LogP contribution is -2.34. The topological polar surface area (TPSA) is 56.8 Å². The van der Waals surface area contributed by atoms with E-state index in [4.69, 9.17) is 4.42 Å². The van der Waals surface area contributed by atoms with Crippen LogP contribution in [0.3, 0.4) is 0 Å². The van der Waals surface area contributed by atoms with Crippen molar-refractivity contribution in [1.82, 2.24) is 4.90 Å². The second kappa shape index (κ2) is 6.87. The fraction of sp³-hybridized carbons (Fsp3) is 0.474. The van der Waals surface area contributed by atoms with Gasteiger partial charge in [-0.05, 0) is 56.5 Å². The molecular weight excluding hydrogens is 290 g/mol. The molecule has 2 N–H and O–H groups in total. The lowest BCUT2D eigenvalue weighted by molar-refractivity contribution is -0.0255. The van der Waals surface area contributed by atoms with Gasteiger partial charge in [-0.25, -0.2) is 0 Å². The summed E-state index contributed by atoms with van der Waals surface area (Å²) in [4.78, 5) is 2.35. The first-order valence-corrected chi connectivity index (χ1v) is 8.29. The monoisotopic (exact) mass is 315 g/mol. The molecule has 0 amide bonds. The molecule has 2 aromatic rings. The number of aliphatic hydroxyl groups excluding tert-OH is 1. The molecule has 0 saturated carbocycles. The number of likely N-dealkylation sites (tertiary alicyclic amines) is 1. The van der Waals surface area contributed by atoms with Crippen molar-refractivity contribution < 1.29 is 14.6 Å². The summed E-state index contributed by atoms with van der Waals surface area (Å²) in [6.07, 6.45) is 2.21. The summed E-state index contributed by atoms with van der Waals surface area (Å²) in [5, 5.41) is 19.6. The molecule has 1 aliphatic heterocycles. The van der Waals surface area contributed by atoms with Crippen molar-refractivity contribution in [2.75, 3.05) is 19.7 Å². The molecule has 1 aromatic carbocycles. The third kappa shape index (κ3) is 4.02. The second-order valence-corrected chi connectivity index (χ2v) is 6.62. The summed E-state index contributed by atoms with van der Waals surface area (Å²) in [6.45, 7) is 4.42. The molecule has 0 spiro atoms. The minimum atomic E-state index is -0.901. The Balaban J connectivity index is 1.68. The Hall–Kier alpha value is -1.62. The molecule has 2 heterocycles. The van der Waals surface area contributed by atoms with Gasteiger partial charge in [-0.15, -0.1) is 0 Å². The maximum atomic E-state index is 10.2. The Labute approximate surface area is 137 Å². The Morgan fingerprint density at radius 1 is 1.17 bits per heavy atom. The van der Waals surface area contributed by atoms with E-state index in [9.17, 15) is 10.2 Å². The van der Waals surface area contributed by atoms with E-state index in [1.165, 1.54) is 5.56 Å². The Kier molecular flexibility index (Phi) is 4.85. The van der Waals surface area contributed by atoms with Crippen LogP contribution in [0.15, 0.2) is 40.8 Å². The van der Waals surface area contributed by atoms with Gasteiger partial charge in [0.1, 0.15) is 11.5 Å². The van der Waals surface area contributed by atoms with E-state index >= 15 is 0 Å². The van der Waals surface area contributed by atoms with Gasteiger partial charge < -0.3 is 14.6 Å². The molecule has 0 radical (unpaired) electrons. The quantitative estimate of drug-likeness (QED) is 0.911. The zero-order valence-electron chi connectivity index (χ0n) is 13.7. The van der Waals surface area contributed by atoms with E-state index in [0.717, 1.165) is 43.1 Å². The highest BCUT2D eigenvalue weighted by Crippen LogP contribution is 2.25. The lowest BCUT2D eigenvalue weighted by atomic mass is 9.96. The van der Waals surface area contributed by atoms with Crippen LogP contribution in [0, 0.1) is 6.92 Å². The van der Waals surface area contributed by atoms with E-state index in [0.29, 0.717) is 12.8 Å². The Morgan fingerprint density at radius 2 is 2.04 bits per heavy atom. The maximum Gasteiger partial charge on any atom is 0.134 e. The van der Waals surface area contributed by atoms with Crippen molar-refractivity contribution in [3.63, 3.8) is 0 Å². The third-order valence-corrected chi connectivity index (χ3v) is 4.66. The van der Waals surface area contributed by atoms with E-state index in [2.05, 4.69) is 29.2 Å². The van der Waals surface area contributed by atoms with Crippen LogP contribution in [0.5, 0.6) is 0 Å². The van der Waals surface area contributed by atoms with Crippen LogP contribution >= 0.6 is 0 Å². The zero-order chi connectivity index (χ0) is 16.3. The van der Waals surface area contributed by atoms with Crippen molar-refractivity contribution in [2.24, 2.45) is 0 Å². The number of nitrogens with zero attached hydrogens (tertiary/aromatic N) is 1. The molecule has 1 aliphatic rings. The first kappa shape index (κ1) is 16.2. The van der Waals surface area contributed by atoms with Gasteiger partial charge >= 0.3 is 0 Å². The number of aryl methyl sites for hydroxylation is 1. The van der Waals surface area contributed by atoms with Crippen molar-refractivity contribution in [3.8, 4) is 11.3 Å². The van der Waals surface area contributed by atoms with Gasteiger partial charge in [0.05, 0.1) is 12.2 Å². The number of hydrogen-bond acceptors (Lipinski definition) is 4. The first-order valence-electron chi connectivity index (χ1n) is 8.29. The highest BCUT2D eigenvalue weighted by Gasteiger charge is 2.29. The van der Waals surface area contributed by atoms with Crippen LogP contribution < -0.4 is 0 Å². The second-order valence-electron chi connectivity index (χ2n) is 6.62. The van der Waals surface area contributed by atoms with Gasteiger partial charge in [-0.2, -0.15) is 0 Å². The molecule has 1 fully saturated rings. The van der Waals surface area contributed by atoms with Gasteiger partial charge in [0, 0.05) is 18.7 Å². The first-order chi connectivity index (χ1) is 11.1. The van der Waals surface area contributed by atoms with Crippen LogP contribution in [0.1, 0.15) is 30.6 Å². The van der Waals surface area contributed by atoms with E-state index in [-0.39, 0.29) is 6.61 Å². The standard InChI is InChI=1S/C19H25NO3/c1-15-6-7-18(23-15)17-5-2-4-16(12-17)13-20-10-3-8-19(22,14-21)9-11-20/h2,4-7,12,21-22H,3,8-11,13-14H2,1H3/t19-/m0/s1. The lowest BCUT2D eigenvalue weighted by Gasteiger charge is -2.24. The zero-order valence-corrected chi connectivity index (χ0v) is 13.7. The highest BCUT2D eigenvalue weighted by atomic mass is 16.3. The van der Waals surface area contributed by atoms with Crippen molar-refractivity contribution in [3.05, 3.63) is 47.7 Å². The number of aliphatic hydroxyl groups is 2. The molecule has 4 heteroatoms. The predicted octanol–water partition coefficient (Wildman–Crippen LogP) is 2.96. The molecule has 0 unspecified atom stereocenters. The number of rotatable bonds is 4. The number of benzene rings is 1. The molecule has 1 saturated heterocycles. The smallest absolute Gasteiger partial charge is 0.134 e. The fourth-order valence-electron chi connectivity index (χ4n) is 3.22. The number of hydrogen-bond donors (Lipinski definition) is 2. The normalized spacial score (nSPS) is 22.9. The van der Waals surface area contributed by atoms with Crippen LogP contribution in [0.4, 0.5) is 0 Å². The number of furan rings is 1. The summed E-state index contributed by atoms with van der Waals surface area (Å²) in [5.41, 5.74) is 1.44. The summed E-state index contributed by atoms with van der Waals surface area (Å²) in [6, 6.07) is 12.4. The van der Waals surface area contributed by atoms with Crippen molar-refractivity contribution in [2.45, 2.75) is 38.3 Å². The molecule has 124 valence electrons. The molecule has 0 aliphatic carbocycles. The fourth-order valence-corrected chi connectivity index (χ4v) is 3.22. The molecule has 3 rings (SSSR count). The average Bonchev–Trinajstić information content (AvgIpc) is 2.90. The van der Waals surface area contributed by atoms with Crippen LogP contribution in [0.2, 0.25) is 0 Å². The van der Waals surface area contributed by atoms with Crippen LogP contribution in [0.25, 0.3) is 11.3 Å². The summed E-state index contributed by atoms with van der Waals surface area (Å²) in [7, 11) is 0. The predicted molar refractivity (Wildman–Crippen MR) is 90.0 cm³/mol. The minimum absolute atomic E-state index is 0.145. The SMILES string of the molecule is Cc1ccc(-c2cccc(CN3CCC[C@@](O)(CO)CC3)c2)o1. The molecule has 0 bridgehead atoms. The van der Waals surface area contributed by atoms with Crippen LogP contribution in [-0.4, -0.2) is 40.4 Å². The van der Waals surface area contributed by atoms with Crippen LogP contribution in [-0.2, 0) is 6.54 Å². The molecule has 1 aromatic heterocycles. The Bertz CT molecular complexity index is 652. The van der Waals surface area contributed by atoms with E-state index in [1.54, 1.807) is 0 Å². The van der Waals surface area contributed by atoms with Gasteiger partial charge in [0.25, 0.3) is 0 Å². The molecular formula is C19H25NO3. The highest BCUT2D eigenvalue weighted by molar-refractivity contribution is 5.58. The minimum Gasteiger partial charge on any atom is -0.461 e. The van der Waals surface area contributed by atoms with E-state index in [1.807, 2.05) is 19.1 Å². The van der Waals surface area contributed by atoms with Crippen molar-refractivity contribution in [1.29, 1.82) is 0 Å². The molecule has 4 nitrogen and oxygen atoms in total.